The molecule has 13 heteroatoms. The summed E-state index contributed by atoms with van der Waals surface area (Å²) in [5, 5.41) is 9.05. The van der Waals surface area contributed by atoms with Crippen LogP contribution < -0.4 is 16.0 Å². The summed E-state index contributed by atoms with van der Waals surface area (Å²) in [6.07, 6.45) is 0. The number of rotatable bonds is 0. The second-order valence-corrected chi connectivity index (χ2v) is 13.4. The molecule has 0 spiro atoms. The average molecular weight is 584 g/mol. The molecule has 0 amide bonds. The summed E-state index contributed by atoms with van der Waals surface area (Å²) >= 11 is 0. The first-order valence-electron chi connectivity index (χ1n) is 13.9. The topological polar surface area (TPSA) is 100.0 Å². The highest BCUT2D eigenvalue weighted by Crippen LogP contribution is 2.28. The summed E-state index contributed by atoms with van der Waals surface area (Å²) in [4.78, 5) is 29.2. The van der Waals surface area contributed by atoms with Crippen molar-refractivity contribution in [2.24, 2.45) is 25.8 Å². The largest absolute Gasteiger partial charge is 0.356 e. The van der Waals surface area contributed by atoms with Gasteiger partial charge in [0.25, 0.3) is 5.92 Å². The lowest BCUT2D eigenvalue weighted by Crippen LogP contribution is -2.62. The van der Waals surface area contributed by atoms with Crippen LogP contribution in [0.1, 0.15) is 42.0 Å². The lowest BCUT2D eigenvalue weighted by atomic mass is 9.87. The predicted molar refractivity (Wildman–Crippen MR) is 159 cm³/mol. The Morgan fingerprint density at radius 3 is 2.02 bits per heavy atom. The van der Waals surface area contributed by atoms with Crippen molar-refractivity contribution in [2.75, 3.05) is 78.5 Å². The van der Waals surface area contributed by atoms with Crippen LogP contribution >= 0.6 is 0 Å². The maximum absolute atomic E-state index is 13.5. The van der Waals surface area contributed by atoms with Gasteiger partial charge in [0, 0.05) is 44.7 Å². The van der Waals surface area contributed by atoms with Gasteiger partial charge in [-0.25, -0.2) is 23.2 Å². The van der Waals surface area contributed by atoms with Crippen molar-refractivity contribution in [1.29, 1.82) is 0 Å². The van der Waals surface area contributed by atoms with E-state index in [2.05, 4.69) is 70.1 Å². The van der Waals surface area contributed by atoms with Crippen molar-refractivity contribution in [1.82, 2.24) is 30.7 Å². The first-order chi connectivity index (χ1) is 18.5. The normalized spacial score (nSPS) is 28.8. The smallest absolute Gasteiger partial charge is 0.282 e. The molecular formula is C28H48F3N9O. The number of hydrogen-bond donors (Lipinski definition) is 3. The number of ketones is 1. The van der Waals surface area contributed by atoms with Crippen molar-refractivity contribution in [3.8, 4) is 0 Å². The molecule has 41 heavy (non-hydrogen) atoms. The van der Waals surface area contributed by atoms with Gasteiger partial charge < -0.3 is 30.7 Å². The summed E-state index contributed by atoms with van der Waals surface area (Å²) in [5.41, 5.74) is 0.299. The molecule has 0 bridgehead atoms. The molecule has 0 aromatic rings. The molecule has 0 aromatic heterocycles. The molecule has 0 saturated carbocycles. The first kappa shape index (κ1) is 32.5. The van der Waals surface area contributed by atoms with Gasteiger partial charge in [0.05, 0.1) is 32.7 Å². The molecule has 3 N–H and O–H groups in total. The lowest BCUT2D eigenvalue weighted by Gasteiger charge is -2.46. The van der Waals surface area contributed by atoms with Crippen molar-refractivity contribution in [3.05, 3.63) is 12.2 Å². The van der Waals surface area contributed by atoms with E-state index in [1.807, 2.05) is 4.90 Å². The molecule has 3 saturated heterocycles. The van der Waals surface area contributed by atoms with E-state index in [-0.39, 0.29) is 26.3 Å². The number of guanidine groups is 3. The van der Waals surface area contributed by atoms with Crippen LogP contribution in [0.15, 0.2) is 27.1 Å². The number of fused-ring (bicyclic) bond motifs is 3. The zero-order valence-corrected chi connectivity index (χ0v) is 24.4. The Hall–Kier alpha value is -2.99. The lowest BCUT2D eigenvalue weighted by molar-refractivity contribution is -0.118. The number of carbonyl (C=O) groups excluding carboxylic acids is 1. The standard InChI is InChI=1S/C11H21N3.C8H12F3N3.C8H11N3O.CH4/c1-10(2)5-12-9-13-6-11(3,4)8-14(9)7-10;1-7(9)2-12-6-13-3-8(10,11)5-14(6)4-7;1-6-2-9-8-10-3-7(12)5-11(8)4-6;/h5-8H2,1-4H3,(H,12,13);2-5H2,1H3,(H,12,13);1-5H2,(H,9,10);1H4. The third-order valence-corrected chi connectivity index (χ3v) is 7.21. The fourth-order valence-corrected chi connectivity index (χ4v) is 5.35. The fourth-order valence-electron chi connectivity index (χ4n) is 5.35. The van der Waals surface area contributed by atoms with Gasteiger partial charge in [-0.3, -0.25) is 9.79 Å². The number of nitrogens with one attached hydrogen (secondary N) is 3. The number of nitrogens with zero attached hydrogens (tertiary/aromatic N) is 6. The SMILES string of the molecule is C.C=C1CNC2=NCC(=O)CN2C1.CC1(C)CN=C2NCC(C)(C)CN2C1.CC1(F)CN=C2NCC(F)(F)CN2C1. The number of Topliss-reactive ketones (excluding diaryl/α,β-unsaturated/α-hetero) is 1. The number of carbonyl (C=O) groups is 1. The summed E-state index contributed by atoms with van der Waals surface area (Å²) in [5.74, 6) is -0.265. The predicted octanol–water partition coefficient (Wildman–Crippen LogP) is 1.96. The maximum atomic E-state index is 13.5. The molecule has 0 aromatic carbocycles. The van der Waals surface area contributed by atoms with Crippen molar-refractivity contribution in [2.45, 2.75) is 53.6 Å². The van der Waals surface area contributed by atoms with Crippen LogP contribution in [0.3, 0.4) is 0 Å². The highest BCUT2D eigenvalue weighted by molar-refractivity contribution is 5.94. The highest BCUT2D eigenvalue weighted by Gasteiger charge is 2.43. The van der Waals surface area contributed by atoms with E-state index in [0.29, 0.717) is 29.9 Å². The van der Waals surface area contributed by atoms with Gasteiger partial charge in [0.15, 0.2) is 23.7 Å². The number of hydrogen-bond acceptors (Lipinski definition) is 10. The Balaban J connectivity index is 0.000000168. The van der Waals surface area contributed by atoms with E-state index in [1.54, 1.807) is 0 Å². The van der Waals surface area contributed by atoms with Crippen molar-refractivity contribution < 1.29 is 18.0 Å². The van der Waals surface area contributed by atoms with Gasteiger partial charge in [-0.15, -0.1) is 0 Å². The highest BCUT2D eigenvalue weighted by atomic mass is 19.3. The number of aliphatic imine (C=N–C) groups is 3. The van der Waals surface area contributed by atoms with E-state index in [9.17, 15) is 18.0 Å². The molecule has 1 unspecified atom stereocenters. The quantitative estimate of drug-likeness (QED) is 0.375. The summed E-state index contributed by atoms with van der Waals surface area (Å²) in [7, 11) is 0. The summed E-state index contributed by atoms with van der Waals surface area (Å²) < 4.78 is 39.4. The number of alkyl halides is 3. The molecule has 10 nitrogen and oxygen atoms in total. The van der Waals surface area contributed by atoms with Crippen LogP contribution in [0.5, 0.6) is 0 Å². The zero-order valence-electron chi connectivity index (χ0n) is 24.4. The number of halogens is 3. The van der Waals surface area contributed by atoms with E-state index >= 15 is 0 Å². The van der Waals surface area contributed by atoms with E-state index in [4.69, 9.17) is 0 Å². The van der Waals surface area contributed by atoms with Crippen LogP contribution in [-0.4, -0.2) is 128 Å². The zero-order chi connectivity index (χ0) is 29.3. The summed E-state index contributed by atoms with van der Waals surface area (Å²) in [6.45, 7) is 20.2. The Morgan fingerprint density at radius 2 is 1.32 bits per heavy atom. The van der Waals surface area contributed by atoms with Crippen molar-refractivity contribution >= 4 is 23.7 Å². The maximum Gasteiger partial charge on any atom is 0.282 e. The van der Waals surface area contributed by atoms with Crippen LogP contribution in [0, 0.1) is 10.8 Å². The summed E-state index contributed by atoms with van der Waals surface area (Å²) in [6, 6.07) is 0. The first-order valence-corrected chi connectivity index (χ1v) is 13.9. The monoisotopic (exact) mass is 583 g/mol. The van der Waals surface area contributed by atoms with Gasteiger partial charge in [-0.2, -0.15) is 0 Å². The molecule has 0 aliphatic carbocycles. The second kappa shape index (κ2) is 12.1. The van der Waals surface area contributed by atoms with E-state index in [0.717, 1.165) is 56.8 Å². The van der Waals surface area contributed by atoms with Crippen LogP contribution in [-0.2, 0) is 4.79 Å². The third-order valence-electron chi connectivity index (χ3n) is 7.21. The molecule has 3 fully saturated rings. The van der Waals surface area contributed by atoms with Gasteiger partial charge in [-0.05, 0) is 17.9 Å². The molecule has 1 atom stereocenters. The van der Waals surface area contributed by atoms with Gasteiger partial charge in [0.1, 0.15) is 12.2 Å². The van der Waals surface area contributed by atoms with E-state index < -0.39 is 24.7 Å². The minimum Gasteiger partial charge on any atom is -0.356 e. The molecule has 6 heterocycles. The molecule has 232 valence electrons. The second-order valence-electron chi connectivity index (χ2n) is 13.4. The fraction of sp³-hybridized carbons (Fsp3) is 0.786. The molecule has 6 rings (SSSR count). The Labute approximate surface area is 242 Å². The molecule has 6 aliphatic heterocycles. The van der Waals surface area contributed by atoms with Crippen molar-refractivity contribution in [3.63, 3.8) is 0 Å². The minimum atomic E-state index is -2.80. The van der Waals surface area contributed by atoms with Gasteiger partial charge in [0.2, 0.25) is 0 Å². The van der Waals surface area contributed by atoms with Crippen LogP contribution in [0.4, 0.5) is 13.2 Å². The Morgan fingerprint density at radius 1 is 0.732 bits per heavy atom. The Kier molecular flexibility index (Phi) is 9.59. The molecule has 0 radical (unpaired) electrons. The van der Waals surface area contributed by atoms with Gasteiger partial charge in [-0.1, -0.05) is 41.7 Å². The van der Waals surface area contributed by atoms with Crippen LogP contribution in [0.25, 0.3) is 0 Å². The Bertz CT molecular complexity index is 1030. The molecule has 6 aliphatic rings. The van der Waals surface area contributed by atoms with E-state index in [1.165, 1.54) is 11.8 Å². The average Bonchev–Trinajstić information content (AvgIpc) is 2.82. The third kappa shape index (κ3) is 9.00. The van der Waals surface area contributed by atoms with Gasteiger partial charge >= 0.3 is 0 Å². The minimum absolute atomic E-state index is 0. The molecular weight excluding hydrogens is 535 g/mol. The van der Waals surface area contributed by atoms with Crippen LogP contribution in [0.2, 0.25) is 0 Å².